The van der Waals surface area contributed by atoms with Gasteiger partial charge in [0.2, 0.25) is 0 Å². The number of Topliss-reactive ketones (excluding diaryl/α,β-unsaturated/α-hetero) is 1. The normalized spacial score (nSPS) is 17.0. The molecule has 0 saturated carbocycles. The van der Waals surface area contributed by atoms with Gasteiger partial charge in [0.25, 0.3) is 11.7 Å². The Kier molecular flexibility index (Phi) is 5.77. The van der Waals surface area contributed by atoms with E-state index in [0.717, 1.165) is 10.9 Å². The van der Waals surface area contributed by atoms with Crippen LogP contribution in [0.1, 0.15) is 33.1 Å². The average molecular weight is 482 g/mol. The number of nitrogens with one attached hydrogen (secondary N) is 1. The molecule has 8 nitrogen and oxygen atoms in total. The number of ether oxygens (including phenoxy) is 1. The number of carbonyl (C=O) groups excluding carboxylic acids is 2. The molecule has 3 N–H and O–H groups in total. The molecule has 1 aliphatic rings. The van der Waals surface area contributed by atoms with Crippen molar-refractivity contribution in [3.8, 4) is 5.75 Å². The highest BCUT2D eigenvalue weighted by Gasteiger charge is 2.46. The molecule has 1 unspecified atom stereocenters. The Balaban J connectivity index is 1.65. The van der Waals surface area contributed by atoms with Gasteiger partial charge in [-0.15, -0.1) is 0 Å². The summed E-state index contributed by atoms with van der Waals surface area (Å²) in [7, 11) is 1.52. The SMILES string of the molecule is COc1cccc(C2/C(=C(/O)c3c[nH]c4ccccc34)C(=O)C(=O)N2Cc2ccc(C(=O)O)cc2)c1. The van der Waals surface area contributed by atoms with Crippen molar-refractivity contribution in [2.75, 3.05) is 7.11 Å². The zero-order valence-electron chi connectivity index (χ0n) is 19.3. The molecule has 8 heteroatoms. The second-order valence-electron chi connectivity index (χ2n) is 8.45. The number of amides is 1. The average Bonchev–Trinajstić information content (AvgIpc) is 3.43. The van der Waals surface area contributed by atoms with Crippen molar-refractivity contribution >= 4 is 34.3 Å². The summed E-state index contributed by atoms with van der Waals surface area (Å²) in [6, 6.07) is 19.6. The standard InChI is InChI=1S/C28H22N2O6/c1-36-19-6-4-5-18(13-19)24-23(25(31)21-14-29-22-8-3-2-7-20(21)22)26(32)27(33)30(24)15-16-9-11-17(12-10-16)28(34)35/h2-14,24,29,31H,15H2,1H3,(H,34,35)/b25-23-. The van der Waals surface area contributed by atoms with Gasteiger partial charge in [-0.25, -0.2) is 4.79 Å². The topological polar surface area (TPSA) is 120 Å². The van der Waals surface area contributed by atoms with E-state index in [1.54, 1.807) is 42.6 Å². The lowest BCUT2D eigenvalue weighted by molar-refractivity contribution is -0.140. The molecule has 1 atom stereocenters. The Bertz CT molecular complexity index is 1530. The van der Waals surface area contributed by atoms with Gasteiger partial charge < -0.3 is 24.8 Å². The van der Waals surface area contributed by atoms with Crippen LogP contribution in [0, 0.1) is 0 Å². The number of aromatic carboxylic acids is 1. The van der Waals surface area contributed by atoms with Crippen molar-refractivity contribution < 1.29 is 29.3 Å². The largest absolute Gasteiger partial charge is 0.507 e. The lowest BCUT2D eigenvalue weighted by Crippen LogP contribution is -2.29. The van der Waals surface area contributed by atoms with E-state index in [2.05, 4.69) is 4.98 Å². The minimum Gasteiger partial charge on any atom is -0.507 e. The quantitative estimate of drug-likeness (QED) is 0.212. The van der Waals surface area contributed by atoms with Gasteiger partial charge in [-0.1, -0.05) is 42.5 Å². The van der Waals surface area contributed by atoms with Crippen LogP contribution in [0.15, 0.2) is 84.6 Å². The first kappa shape index (κ1) is 22.9. The highest BCUT2D eigenvalue weighted by molar-refractivity contribution is 6.46. The van der Waals surface area contributed by atoms with E-state index in [-0.39, 0.29) is 23.4 Å². The molecule has 1 aliphatic heterocycles. The number of methoxy groups -OCH3 is 1. The van der Waals surface area contributed by atoms with Crippen LogP contribution in [0.3, 0.4) is 0 Å². The molecule has 0 bridgehead atoms. The fourth-order valence-corrected chi connectivity index (χ4v) is 4.56. The maximum Gasteiger partial charge on any atom is 0.335 e. The van der Waals surface area contributed by atoms with Crippen molar-refractivity contribution in [2.45, 2.75) is 12.6 Å². The number of likely N-dealkylation sites (tertiary alicyclic amines) is 1. The van der Waals surface area contributed by atoms with Crippen molar-refractivity contribution in [3.05, 3.63) is 107 Å². The second-order valence-corrected chi connectivity index (χ2v) is 8.45. The smallest absolute Gasteiger partial charge is 0.335 e. The number of nitrogens with zero attached hydrogens (tertiary/aromatic N) is 1. The highest BCUT2D eigenvalue weighted by atomic mass is 16.5. The molecule has 36 heavy (non-hydrogen) atoms. The van der Waals surface area contributed by atoms with Gasteiger partial charge >= 0.3 is 5.97 Å². The Hall–Kier alpha value is -4.85. The third kappa shape index (κ3) is 3.88. The Morgan fingerprint density at radius 1 is 1.00 bits per heavy atom. The number of carboxylic acid groups (broad SMARTS) is 1. The first-order valence-electron chi connectivity index (χ1n) is 11.2. The van der Waals surface area contributed by atoms with Crippen LogP contribution in [0.25, 0.3) is 16.7 Å². The van der Waals surface area contributed by atoms with E-state index in [1.807, 2.05) is 24.3 Å². The Labute approximate surface area is 206 Å². The molecular weight excluding hydrogens is 460 g/mol. The number of aliphatic hydroxyl groups is 1. The van der Waals surface area contributed by atoms with Gasteiger partial charge in [0.1, 0.15) is 11.5 Å². The number of H-pyrrole nitrogens is 1. The van der Waals surface area contributed by atoms with Gasteiger partial charge in [-0.05, 0) is 41.5 Å². The van der Waals surface area contributed by atoms with Crippen molar-refractivity contribution in [3.63, 3.8) is 0 Å². The maximum atomic E-state index is 13.3. The molecular formula is C28H22N2O6. The van der Waals surface area contributed by atoms with Crippen LogP contribution >= 0.6 is 0 Å². The number of ketones is 1. The summed E-state index contributed by atoms with van der Waals surface area (Å²) in [5, 5.41) is 21.3. The Morgan fingerprint density at radius 2 is 1.75 bits per heavy atom. The van der Waals surface area contributed by atoms with Crippen LogP contribution in [-0.4, -0.2) is 44.9 Å². The number of carboxylic acids is 1. The monoisotopic (exact) mass is 482 g/mol. The summed E-state index contributed by atoms with van der Waals surface area (Å²) in [5.74, 6) is -2.35. The maximum absolute atomic E-state index is 13.3. The number of para-hydroxylation sites is 1. The van der Waals surface area contributed by atoms with Crippen LogP contribution in [-0.2, 0) is 16.1 Å². The predicted octanol–water partition coefficient (Wildman–Crippen LogP) is 4.50. The fraction of sp³-hybridized carbons (Fsp3) is 0.107. The molecule has 0 spiro atoms. The summed E-state index contributed by atoms with van der Waals surface area (Å²) in [6.07, 6.45) is 1.61. The van der Waals surface area contributed by atoms with E-state index in [9.17, 15) is 24.6 Å². The zero-order chi connectivity index (χ0) is 25.4. The number of hydrogen-bond acceptors (Lipinski definition) is 5. The van der Waals surface area contributed by atoms with E-state index in [1.165, 1.54) is 24.1 Å². The highest BCUT2D eigenvalue weighted by Crippen LogP contribution is 2.42. The summed E-state index contributed by atoms with van der Waals surface area (Å²) < 4.78 is 5.36. The van der Waals surface area contributed by atoms with Crippen LogP contribution in [0.4, 0.5) is 0 Å². The van der Waals surface area contributed by atoms with E-state index in [4.69, 9.17) is 4.74 Å². The molecule has 1 saturated heterocycles. The molecule has 0 aliphatic carbocycles. The summed E-state index contributed by atoms with van der Waals surface area (Å²) >= 11 is 0. The molecule has 5 rings (SSSR count). The number of benzene rings is 3. The first-order valence-corrected chi connectivity index (χ1v) is 11.2. The van der Waals surface area contributed by atoms with Crippen LogP contribution in [0.2, 0.25) is 0 Å². The van der Waals surface area contributed by atoms with E-state index < -0.39 is 23.7 Å². The number of carbonyl (C=O) groups is 3. The minimum atomic E-state index is -1.06. The number of rotatable bonds is 6. The first-order chi connectivity index (χ1) is 17.4. The molecule has 4 aromatic rings. The molecule has 1 fully saturated rings. The summed E-state index contributed by atoms with van der Waals surface area (Å²) in [4.78, 5) is 42.3. The third-order valence-electron chi connectivity index (χ3n) is 6.35. The van der Waals surface area contributed by atoms with E-state index >= 15 is 0 Å². The van der Waals surface area contributed by atoms with Gasteiger partial charge in [0.05, 0.1) is 24.3 Å². The van der Waals surface area contributed by atoms with Gasteiger partial charge in [0.15, 0.2) is 0 Å². The van der Waals surface area contributed by atoms with Crippen molar-refractivity contribution in [1.29, 1.82) is 0 Å². The number of aliphatic hydroxyl groups excluding tert-OH is 1. The molecule has 0 radical (unpaired) electrons. The third-order valence-corrected chi connectivity index (χ3v) is 6.35. The van der Waals surface area contributed by atoms with Crippen LogP contribution < -0.4 is 4.74 Å². The number of aromatic nitrogens is 1. The number of hydrogen-bond donors (Lipinski definition) is 3. The lowest BCUT2D eigenvalue weighted by atomic mass is 9.95. The Morgan fingerprint density at radius 3 is 2.47 bits per heavy atom. The van der Waals surface area contributed by atoms with Crippen molar-refractivity contribution in [2.24, 2.45) is 0 Å². The second kappa shape index (κ2) is 9.07. The zero-order valence-corrected chi connectivity index (χ0v) is 19.3. The number of aromatic amines is 1. The van der Waals surface area contributed by atoms with E-state index in [0.29, 0.717) is 22.4 Å². The molecule has 180 valence electrons. The summed E-state index contributed by atoms with van der Waals surface area (Å²) in [6.45, 7) is 0.0387. The molecule has 2 heterocycles. The number of fused-ring (bicyclic) bond motifs is 1. The van der Waals surface area contributed by atoms with Crippen molar-refractivity contribution in [1.82, 2.24) is 9.88 Å². The lowest BCUT2D eigenvalue weighted by Gasteiger charge is -2.25. The molecule has 1 amide bonds. The van der Waals surface area contributed by atoms with Gasteiger partial charge in [0, 0.05) is 29.2 Å². The van der Waals surface area contributed by atoms with Gasteiger partial charge in [-0.3, -0.25) is 9.59 Å². The van der Waals surface area contributed by atoms with Gasteiger partial charge in [-0.2, -0.15) is 0 Å². The van der Waals surface area contributed by atoms with Crippen LogP contribution in [0.5, 0.6) is 5.75 Å². The summed E-state index contributed by atoms with van der Waals surface area (Å²) in [5.41, 5.74) is 2.52. The molecule has 3 aromatic carbocycles. The fourth-order valence-electron chi connectivity index (χ4n) is 4.56. The predicted molar refractivity (Wildman–Crippen MR) is 133 cm³/mol. The molecule has 1 aromatic heterocycles. The minimum absolute atomic E-state index is 0.0276.